The highest BCUT2D eigenvalue weighted by atomic mass is 19.1. The van der Waals surface area contributed by atoms with Crippen LogP contribution in [0.4, 0.5) is 4.39 Å². The molecule has 0 bridgehead atoms. The Balaban J connectivity index is 1.41. The number of rotatable bonds is 4. The summed E-state index contributed by atoms with van der Waals surface area (Å²) in [6.07, 6.45) is -0.598. The number of ketones is 2. The number of amides is 2. The van der Waals surface area contributed by atoms with Gasteiger partial charge in [0.2, 0.25) is 29.0 Å². The van der Waals surface area contributed by atoms with Gasteiger partial charge < -0.3 is 4.74 Å². The van der Waals surface area contributed by atoms with E-state index in [1.807, 2.05) is 6.07 Å². The average molecular weight is 469 g/mol. The molecule has 35 heavy (non-hydrogen) atoms. The summed E-state index contributed by atoms with van der Waals surface area (Å²) in [7, 11) is 0. The van der Waals surface area contributed by atoms with E-state index in [4.69, 9.17) is 4.74 Å². The second kappa shape index (κ2) is 7.78. The molecule has 0 aromatic heterocycles. The molecule has 2 fully saturated rings. The van der Waals surface area contributed by atoms with E-state index in [2.05, 4.69) is 0 Å². The minimum Gasteiger partial charge on any atom is -0.349 e. The third-order valence-corrected chi connectivity index (χ3v) is 7.28. The van der Waals surface area contributed by atoms with Crippen molar-refractivity contribution in [1.29, 1.82) is 0 Å². The standard InChI is InChI=1S/C28H20FNO5/c29-18-12-10-16(11-13-18)14-15-30-26(33)21-22(27(30)34)28(35-23(21)17-6-2-1-3-7-17)24(31)19-8-4-5-9-20(19)25(28)32/h1-13,21-23H,14-15H2/t21-,22+,23+/m0/s1. The summed E-state index contributed by atoms with van der Waals surface area (Å²) in [6.45, 7) is 0.0587. The Labute approximate surface area is 200 Å². The van der Waals surface area contributed by atoms with Crippen molar-refractivity contribution in [2.75, 3.05) is 6.54 Å². The van der Waals surface area contributed by atoms with Gasteiger partial charge in [-0.3, -0.25) is 24.1 Å². The Hall–Kier alpha value is -3.97. The van der Waals surface area contributed by atoms with Crippen LogP contribution >= 0.6 is 0 Å². The maximum atomic E-state index is 13.7. The molecular weight excluding hydrogens is 449 g/mol. The summed E-state index contributed by atoms with van der Waals surface area (Å²) in [5, 5.41) is 0. The van der Waals surface area contributed by atoms with Crippen molar-refractivity contribution >= 4 is 23.4 Å². The molecule has 2 heterocycles. The summed E-state index contributed by atoms with van der Waals surface area (Å²) in [5.41, 5.74) is -0.274. The zero-order valence-corrected chi connectivity index (χ0v) is 18.5. The topological polar surface area (TPSA) is 80.8 Å². The molecule has 3 aromatic rings. The molecule has 0 saturated carbocycles. The first-order valence-electron chi connectivity index (χ1n) is 11.4. The Kier molecular flexibility index (Phi) is 4.79. The third kappa shape index (κ3) is 2.98. The average Bonchev–Trinajstić information content (AvgIpc) is 3.44. The number of carbonyl (C=O) groups excluding carboxylic acids is 4. The van der Waals surface area contributed by atoms with E-state index in [1.165, 1.54) is 12.1 Å². The number of hydrogen-bond donors (Lipinski definition) is 0. The quantitative estimate of drug-likeness (QED) is 0.431. The fourth-order valence-corrected chi connectivity index (χ4v) is 5.63. The molecule has 0 N–H and O–H groups in total. The fraction of sp³-hybridized carbons (Fsp3) is 0.214. The van der Waals surface area contributed by atoms with Gasteiger partial charge >= 0.3 is 0 Å². The van der Waals surface area contributed by atoms with Gasteiger partial charge in [0.05, 0.1) is 17.9 Å². The van der Waals surface area contributed by atoms with E-state index < -0.39 is 46.9 Å². The highest BCUT2D eigenvalue weighted by molar-refractivity contribution is 6.35. The first kappa shape index (κ1) is 21.6. The van der Waals surface area contributed by atoms with Crippen LogP contribution in [0.5, 0.6) is 0 Å². The van der Waals surface area contributed by atoms with Crippen LogP contribution in [0.25, 0.3) is 0 Å². The summed E-state index contributed by atoms with van der Waals surface area (Å²) in [5.74, 6) is -4.83. The van der Waals surface area contributed by atoms with Gasteiger partial charge in [-0.2, -0.15) is 0 Å². The summed E-state index contributed by atoms with van der Waals surface area (Å²) in [6, 6.07) is 21.1. The summed E-state index contributed by atoms with van der Waals surface area (Å²) < 4.78 is 19.5. The monoisotopic (exact) mass is 469 g/mol. The summed E-state index contributed by atoms with van der Waals surface area (Å²) >= 11 is 0. The first-order valence-corrected chi connectivity index (χ1v) is 11.4. The van der Waals surface area contributed by atoms with E-state index in [-0.39, 0.29) is 23.5 Å². The Morgan fingerprint density at radius 1 is 0.771 bits per heavy atom. The molecule has 0 radical (unpaired) electrons. The molecule has 2 amide bonds. The first-order chi connectivity index (χ1) is 16.9. The molecule has 0 unspecified atom stereocenters. The molecule has 6 rings (SSSR count). The second-order valence-corrected chi connectivity index (χ2v) is 9.10. The number of imide groups is 1. The van der Waals surface area contributed by atoms with Gasteiger partial charge in [-0.1, -0.05) is 66.7 Å². The lowest BCUT2D eigenvalue weighted by atomic mass is 9.77. The van der Waals surface area contributed by atoms with Crippen molar-refractivity contribution in [3.63, 3.8) is 0 Å². The largest absolute Gasteiger partial charge is 0.349 e. The molecule has 3 aliphatic rings. The number of halogens is 1. The van der Waals surface area contributed by atoms with Gasteiger partial charge in [-0.15, -0.1) is 0 Å². The number of likely N-dealkylation sites (tertiary alicyclic amines) is 1. The van der Waals surface area contributed by atoms with Crippen LogP contribution in [0, 0.1) is 17.7 Å². The molecular formula is C28H20FNO5. The molecule has 3 atom stereocenters. The van der Waals surface area contributed by atoms with Gasteiger partial charge in [0.1, 0.15) is 5.82 Å². The highest BCUT2D eigenvalue weighted by Crippen LogP contribution is 2.57. The lowest BCUT2D eigenvalue weighted by molar-refractivity contribution is -0.144. The second-order valence-electron chi connectivity index (χ2n) is 9.10. The van der Waals surface area contributed by atoms with Gasteiger partial charge in [0, 0.05) is 17.7 Å². The minimum absolute atomic E-state index is 0.0587. The Bertz CT molecular complexity index is 1350. The van der Waals surface area contributed by atoms with E-state index in [9.17, 15) is 23.6 Å². The Morgan fingerprint density at radius 2 is 1.37 bits per heavy atom. The number of fused-ring (bicyclic) bond motifs is 3. The molecule has 3 aromatic carbocycles. The van der Waals surface area contributed by atoms with Crippen LogP contribution in [-0.4, -0.2) is 40.4 Å². The maximum absolute atomic E-state index is 13.7. The van der Waals surface area contributed by atoms with E-state index >= 15 is 0 Å². The van der Waals surface area contributed by atoms with Crippen molar-refractivity contribution in [3.8, 4) is 0 Å². The number of ether oxygens (including phenoxy) is 1. The third-order valence-electron chi connectivity index (χ3n) is 7.28. The summed E-state index contributed by atoms with van der Waals surface area (Å²) in [4.78, 5) is 55.8. The molecule has 7 heteroatoms. The number of hydrogen-bond acceptors (Lipinski definition) is 5. The zero-order chi connectivity index (χ0) is 24.3. The van der Waals surface area contributed by atoms with Gasteiger partial charge in [-0.25, -0.2) is 4.39 Å². The van der Waals surface area contributed by atoms with Crippen molar-refractivity contribution < 1.29 is 28.3 Å². The van der Waals surface area contributed by atoms with Gasteiger partial charge in [-0.05, 0) is 29.7 Å². The Morgan fingerprint density at radius 3 is 2.00 bits per heavy atom. The van der Waals surface area contributed by atoms with E-state index in [0.717, 1.165) is 10.5 Å². The lowest BCUT2D eigenvalue weighted by Crippen LogP contribution is -2.51. The highest BCUT2D eigenvalue weighted by Gasteiger charge is 2.74. The predicted molar refractivity (Wildman–Crippen MR) is 122 cm³/mol. The zero-order valence-electron chi connectivity index (χ0n) is 18.5. The van der Waals surface area contributed by atoms with Crippen LogP contribution in [0.2, 0.25) is 0 Å². The van der Waals surface area contributed by atoms with Gasteiger partial charge in [0.25, 0.3) is 0 Å². The minimum atomic E-state index is -2.06. The molecule has 2 aliphatic heterocycles. The number of Topliss-reactive ketones (excluding diaryl/α,β-unsaturated/α-hetero) is 2. The van der Waals surface area contributed by atoms with Crippen LogP contribution in [0.1, 0.15) is 37.9 Å². The predicted octanol–water partition coefficient (Wildman–Crippen LogP) is 3.56. The van der Waals surface area contributed by atoms with Crippen molar-refractivity contribution in [2.45, 2.75) is 18.1 Å². The van der Waals surface area contributed by atoms with Crippen molar-refractivity contribution in [2.24, 2.45) is 11.8 Å². The van der Waals surface area contributed by atoms with Gasteiger partial charge in [0.15, 0.2) is 0 Å². The maximum Gasteiger partial charge on any atom is 0.237 e. The molecule has 174 valence electrons. The molecule has 1 spiro atoms. The number of benzene rings is 3. The van der Waals surface area contributed by atoms with Crippen molar-refractivity contribution in [3.05, 3.63) is 107 Å². The smallest absolute Gasteiger partial charge is 0.237 e. The van der Waals surface area contributed by atoms with Crippen LogP contribution in [0.3, 0.4) is 0 Å². The van der Waals surface area contributed by atoms with E-state index in [1.54, 1.807) is 60.7 Å². The number of carbonyl (C=O) groups is 4. The van der Waals surface area contributed by atoms with Crippen molar-refractivity contribution in [1.82, 2.24) is 4.90 Å². The van der Waals surface area contributed by atoms with Crippen LogP contribution < -0.4 is 0 Å². The fourth-order valence-electron chi connectivity index (χ4n) is 5.63. The SMILES string of the molecule is O=C1[C@@H]2[C@@H](c3ccccc3)OC3(C(=O)c4ccccc4C3=O)[C@H]2C(=O)N1CCc1ccc(F)cc1. The van der Waals surface area contributed by atoms with Crippen LogP contribution in [-0.2, 0) is 20.7 Å². The van der Waals surface area contributed by atoms with E-state index in [0.29, 0.717) is 12.0 Å². The molecule has 2 saturated heterocycles. The normalized spacial score (nSPS) is 24.4. The molecule has 6 nitrogen and oxygen atoms in total. The lowest BCUT2D eigenvalue weighted by Gasteiger charge is -2.27. The number of nitrogens with zero attached hydrogens (tertiary/aromatic N) is 1. The molecule has 1 aliphatic carbocycles. The van der Waals surface area contributed by atoms with Crippen LogP contribution in [0.15, 0.2) is 78.9 Å².